The first-order chi connectivity index (χ1) is 9.06. The summed E-state index contributed by atoms with van der Waals surface area (Å²) in [4.78, 5) is 14.4. The van der Waals surface area contributed by atoms with Gasteiger partial charge in [-0.2, -0.15) is 5.10 Å². The molecule has 0 radical (unpaired) electrons. The fraction of sp³-hybridized carbons (Fsp3) is 0.692. The van der Waals surface area contributed by atoms with Gasteiger partial charge in [-0.05, 0) is 20.3 Å². The smallest absolute Gasteiger partial charge is 0.287 e. The van der Waals surface area contributed by atoms with Crippen molar-refractivity contribution in [1.29, 1.82) is 0 Å². The third kappa shape index (κ3) is 2.77. The number of aromatic nitrogens is 2. The molecule has 0 unspecified atom stereocenters. The van der Waals surface area contributed by atoms with Crippen LogP contribution in [0.25, 0.3) is 0 Å². The molecule has 0 bridgehead atoms. The Hall–Kier alpha value is -1.07. The molecule has 1 fully saturated rings. The highest BCUT2D eigenvalue weighted by Gasteiger charge is 2.27. The summed E-state index contributed by atoms with van der Waals surface area (Å²) in [5.41, 5.74) is 0.555. The summed E-state index contributed by atoms with van der Waals surface area (Å²) < 4.78 is 1.43. The van der Waals surface area contributed by atoms with Gasteiger partial charge >= 0.3 is 0 Å². The predicted molar refractivity (Wildman–Crippen MR) is 78.2 cm³/mol. The molecule has 0 aromatic carbocycles. The molecule has 1 aromatic rings. The zero-order valence-electron chi connectivity index (χ0n) is 11.7. The molecule has 1 saturated heterocycles. The Bertz CT molecular complexity index is 496. The maximum Gasteiger partial charge on any atom is 0.287 e. The van der Waals surface area contributed by atoms with Gasteiger partial charge in [0.2, 0.25) is 0 Å². The summed E-state index contributed by atoms with van der Waals surface area (Å²) in [5, 5.41) is 7.77. The first-order valence-corrected chi connectivity index (χ1v) is 7.18. The van der Waals surface area contributed by atoms with Crippen LogP contribution < -0.4 is 15.8 Å². The van der Waals surface area contributed by atoms with Crippen LogP contribution in [0.5, 0.6) is 0 Å². The molecule has 5 nitrogen and oxygen atoms in total. The van der Waals surface area contributed by atoms with Crippen molar-refractivity contribution in [3.8, 4) is 0 Å². The molecule has 2 rings (SSSR count). The maximum atomic E-state index is 12.2. The van der Waals surface area contributed by atoms with Crippen LogP contribution in [-0.4, -0.2) is 35.5 Å². The van der Waals surface area contributed by atoms with E-state index in [0.717, 1.165) is 31.7 Å². The highest BCUT2D eigenvalue weighted by molar-refractivity contribution is 6.33. The molecule has 1 N–H and O–H groups in total. The number of halogens is 1. The second-order valence-electron chi connectivity index (χ2n) is 5.19. The molecule has 0 spiro atoms. The van der Waals surface area contributed by atoms with E-state index in [2.05, 4.69) is 22.2 Å². The second-order valence-corrected chi connectivity index (χ2v) is 5.57. The van der Waals surface area contributed by atoms with Crippen molar-refractivity contribution in [2.45, 2.75) is 39.3 Å². The molecule has 0 atom stereocenters. The van der Waals surface area contributed by atoms with Gasteiger partial charge in [0.1, 0.15) is 5.02 Å². The van der Waals surface area contributed by atoms with Gasteiger partial charge in [-0.25, -0.2) is 4.68 Å². The lowest BCUT2D eigenvalue weighted by Crippen LogP contribution is -2.58. The topological polar surface area (TPSA) is 50.2 Å². The fourth-order valence-electron chi connectivity index (χ4n) is 2.24. The molecule has 106 valence electrons. The minimum Gasteiger partial charge on any atom is -0.363 e. The van der Waals surface area contributed by atoms with Crippen LogP contribution in [0.1, 0.15) is 33.2 Å². The minimum atomic E-state index is -0.206. The normalized spacial score (nSPS) is 15.6. The first kappa shape index (κ1) is 14.3. The zero-order chi connectivity index (χ0) is 14.0. The molecule has 1 aliphatic heterocycles. The van der Waals surface area contributed by atoms with Crippen LogP contribution in [0.2, 0.25) is 5.02 Å². The molecule has 0 aliphatic carbocycles. The molecular formula is C13H21ClN4O. The molecule has 19 heavy (non-hydrogen) atoms. The lowest BCUT2D eigenvalue weighted by atomic mass is 10.1. The largest absolute Gasteiger partial charge is 0.363 e. The lowest BCUT2D eigenvalue weighted by Gasteiger charge is -2.39. The van der Waals surface area contributed by atoms with Crippen molar-refractivity contribution in [3.05, 3.63) is 21.6 Å². The summed E-state index contributed by atoms with van der Waals surface area (Å²) >= 11 is 6.26. The van der Waals surface area contributed by atoms with Gasteiger partial charge in [0.25, 0.3) is 5.56 Å². The van der Waals surface area contributed by atoms with E-state index in [-0.39, 0.29) is 16.6 Å². The molecule has 1 aromatic heterocycles. The number of hydrogen-bond donors (Lipinski definition) is 1. The van der Waals surface area contributed by atoms with E-state index in [0.29, 0.717) is 6.04 Å². The fourth-order valence-corrected chi connectivity index (χ4v) is 2.48. The van der Waals surface area contributed by atoms with E-state index in [1.165, 1.54) is 4.68 Å². The SMILES string of the molecule is CCCN(c1cnn(C(C)C)c(=O)c1Cl)C1CNC1. The summed E-state index contributed by atoms with van der Waals surface area (Å²) in [6, 6.07) is 0.428. The highest BCUT2D eigenvalue weighted by Crippen LogP contribution is 2.25. The van der Waals surface area contributed by atoms with E-state index in [4.69, 9.17) is 11.6 Å². The highest BCUT2D eigenvalue weighted by atomic mass is 35.5. The summed E-state index contributed by atoms with van der Waals surface area (Å²) in [6.45, 7) is 8.72. The third-order valence-electron chi connectivity index (χ3n) is 3.39. The average Bonchev–Trinajstić information content (AvgIpc) is 2.29. The van der Waals surface area contributed by atoms with Crippen molar-refractivity contribution in [2.75, 3.05) is 24.5 Å². The van der Waals surface area contributed by atoms with Crippen LogP contribution in [0.3, 0.4) is 0 Å². The molecule has 0 amide bonds. The second kappa shape index (κ2) is 5.92. The standard InChI is InChI=1S/C13H21ClN4O/c1-4-5-17(10-6-15-7-10)11-8-16-18(9(2)3)13(19)12(11)14/h8-10,15H,4-7H2,1-3H3. The van der Waals surface area contributed by atoms with Crippen LogP contribution >= 0.6 is 11.6 Å². The molecule has 6 heteroatoms. The molecular weight excluding hydrogens is 264 g/mol. The summed E-state index contributed by atoms with van der Waals surface area (Å²) in [7, 11) is 0. The van der Waals surface area contributed by atoms with E-state index in [9.17, 15) is 4.79 Å². The Balaban J connectivity index is 2.37. The Morgan fingerprint density at radius 1 is 1.58 bits per heavy atom. The van der Waals surface area contributed by atoms with Gasteiger partial charge in [-0.1, -0.05) is 18.5 Å². The maximum absolute atomic E-state index is 12.2. The summed E-state index contributed by atoms with van der Waals surface area (Å²) in [5.74, 6) is 0. The van der Waals surface area contributed by atoms with Crippen LogP contribution in [0, 0.1) is 0 Å². The Labute approximate surface area is 118 Å². The van der Waals surface area contributed by atoms with Gasteiger partial charge in [0.05, 0.1) is 24.0 Å². The Morgan fingerprint density at radius 2 is 2.26 bits per heavy atom. The Kier molecular flexibility index (Phi) is 4.47. The van der Waals surface area contributed by atoms with Crippen LogP contribution in [-0.2, 0) is 0 Å². The molecule has 2 heterocycles. The van der Waals surface area contributed by atoms with Crippen LogP contribution in [0.4, 0.5) is 5.69 Å². The number of hydrogen-bond acceptors (Lipinski definition) is 4. The van der Waals surface area contributed by atoms with Gasteiger partial charge < -0.3 is 10.2 Å². The monoisotopic (exact) mass is 284 g/mol. The van der Waals surface area contributed by atoms with Crippen molar-refractivity contribution in [2.24, 2.45) is 0 Å². The Morgan fingerprint density at radius 3 is 2.74 bits per heavy atom. The number of nitrogens with one attached hydrogen (secondary N) is 1. The number of anilines is 1. The quantitative estimate of drug-likeness (QED) is 0.894. The first-order valence-electron chi connectivity index (χ1n) is 6.81. The van der Waals surface area contributed by atoms with Crippen molar-refractivity contribution < 1.29 is 0 Å². The summed E-state index contributed by atoms with van der Waals surface area (Å²) in [6.07, 6.45) is 2.73. The third-order valence-corrected chi connectivity index (χ3v) is 3.74. The molecule has 0 saturated carbocycles. The van der Waals surface area contributed by atoms with Crippen molar-refractivity contribution in [3.63, 3.8) is 0 Å². The number of nitrogens with zero attached hydrogens (tertiary/aromatic N) is 3. The predicted octanol–water partition coefficient (Wildman–Crippen LogP) is 1.67. The van der Waals surface area contributed by atoms with E-state index in [1.54, 1.807) is 6.20 Å². The molecule has 1 aliphatic rings. The lowest BCUT2D eigenvalue weighted by molar-refractivity contribution is 0.411. The zero-order valence-corrected chi connectivity index (χ0v) is 12.4. The van der Waals surface area contributed by atoms with E-state index < -0.39 is 0 Å². The van der Waals surface area contributed by atoms with Gasteiger partial charge in [0, 0.05) is 19.6 Å². The number of rotatable bonds is 5. The van der Waals surface area contributed by atoms with Crippen molar-refractivity contribution >= 4 is 17.3 Å². The van der Waals surface area contributed by atoms with E-state index in [1.807, 2.05) is 13.8 Å². The minimum absolute atomic E-state index is 0.0176. The van der Waals surface area contributed by atoms with Crippen LogP contribution in [0.15, 0.2) is 11.0 Å². The van der Waals surface area contributed by atoms with Gasteiger partial charge in [-0.15, -0.1) is 0 Å². The average molecular weight is 285 g/mol. The van der Waals surface area contributed by atoms with Gasteiger partial charge in [-0.3, -0.25) is 4.79 Å². The van der Waals surface area contributed by atoms with Gasteiger partial charge in [0.15, 0.2) is 0 Å². The van der Waals surface area contributed by atoms with Crippen molar-refractivity contribution in [1.82, 2.24) is 15.1 Å². The van der Waals surface area contributed by atoms with E-state index >= 15 is 0 Å².